The highest BCUT2D eigenvalue weighted by molar-refractivity contribution is 5.84. The smallest absolute Gasteiger partial charge is 0.390 e. The fourth-order valence-electron chi connectivity index (χ4n) is 0.948. The van der Waals surface area contributed by atoms with E-state index in [2.05, 4.69) is 4.74 Å². The van der Waals surface area contributed by atoms with E-state index < -0.39 is 11.9 Å². The van der Waals surface area contributed by atoms with E-state index in [9.17, 15) is 4.79 Å². The normalized spacial score (nSPS) is 10.9. The lowest BCUT2D eigenvalue weighted by molar-refractivity contribution is -0.269. The number of carbonyl (C=O) groups excluding carboxylic acids is 1. The SMILES string of the molecule is COC(=O)C(OC)(OC)N(C)C(=N)N. The van der Waals surface area contributed by atoms with Crippen molar-refractivity contribution in [3.05, 3.63) is 0 Å². The third-order valence-electron chi connectivity index (χ3n) is 1.80. The minimum absolute atomic E-state index is 0.376. The molecule has 0 aromatic heterocycles. The quantitative estimate of drug-likeness (QED) is 0.262. The molecule has 0 aromatic carbocycles. The Morgan fingerprint density at radius 1 is 1.36 bits per heavy atom. The number of rotatable bonds is 4. The molecule has 14 heavy (non-hydrogen) atoms. The Labute approximate surface area is 82.2 Å². The van der Waals surface area contributed by atoms with Gasteiger partial charge in [-0.25, -0.2) is 4.79 Å². The number of hydrogen-bond donors (Lipinski definition) is 2. The Bertz CT molecular complexity index is 227. The fourth-order valence-corrected chi connectivity index (χ4v) is 0.948. The van der Waals surface area contributed by atoms with Gasteiger partial charge in [-0.15, -0.1) is 0 Å². The molecule has 0 saturated carbocycles. The van der Waals surface area contributed by atoms with Crippen LogP contribution in [-0.4, -0.2) is 51.1 Å². The summed E-state index contributed by atoms with van der Waals surface area (Å²) in [6, 6.07) is 0. The molecule has 0 heterocycles. The Hall–Kier alpha value is -1.34. The van der Waals surface area contributed by atoms with E-state index in [4.69, 9.17) is 20.6 Å². The molecule has 0 atom stereocenters. The molecule has 0 aliphatic carbocycles. The van der Waals surface area contributed by atoms with Crippen molar-refractivity contribution in [1.82, 2.24) is 4.90 Å². The number of carbonyl (C=O) groups is 1. The number of hydrogen-bond acceptors (Lipinski definition) is 5. The van der Waals surface area contributed by atoms with Crippen LogP contribution < -0.4 is 5.73 Å². The number of esters is 1. The zero-order valence-electron chi connectivity index (χ0n) is 8.66. The highest BCUT2D eigenvalue weighted by Gasteiger charge is 2.46. The van der Waals surface area contributed by atoms with E-state index >= 15 is 0 Å². The van der Waals surface area contributed by atoms with Gasteiger partial charge in [0.15, 0.2) is 5.96 Å². The van der Waals surface area contributed by atoms with Gasteiger partial charge in [0.1, 0.15) is 0 Å². The van der Waals surface area contributed by atoms with Gasteiger partial charge in [0, 0.05) is 21.3 Å². The second-order valence-electron chi connectivity index (χ2n) is 2.43. The molecule has 0 amide bonds. The summed E-state index contributed by atoms with van der Waals surface area (Å²) in [5.74, 6) is -2.97. The summed E-state index contributed by atoms with van der Waals surface area (Å²) in [7, 11) is 5.06. The average Bonchev–Trinajstić information content (AvgIpc) is 2.19. The largest absolute Gasteiger partial charge is 0.463 e. The third-order valence-corrected chi connectivity index (χ3v) is 1.80. The number of likely N-dealkylation sites (N-methyl/N-ethyl adjacent to an activating group) is 1. The number of ether oxygens (including phenoxy) is 3. The van der Waals surface area contributed by atoms with E-state index in [0.717, 1.165) is 4.90 Å². The van der Waals surface area contributed by atoms with Crippen molar-refractivity contribution in [1.29, 1.82) is 5.41 Å². The Morgan fingerprint density at radius 2 is 1.79 bits per heavy atom. The van der Waals surface area contributed by atoms with Crippen LogP contribution in [0.1, 0.15) is 0 Å². The molecule has 0 rings (SSSR count). The van der Waals surface area contributed by atoms with Crippen LogP contribution in [0, 0.1) is 5.41 Å². The minimum atomic E-state index is -1.80. The summed E-state index contributed by atoms with van der Waals surface area (Å²) in [5, 5.41) is 7.17. The highest BCUT2D eigenvalue weighted by Crippen LogP contribution is 2.17. The van der Waals surface area contributed by atoms with Gasteiger partial charge < -0.3 is 19.9 Å². The van der Waals surface area contributed by atoms with Gasteiger partial charge in [0.05, 0.1) is 7.11 Å². The molecule has 7 nitrogen and oxygen atoms in total. The Kier molecular flexibility index (Phi) is 4.32. The van der Waals surface area contributed by atoms with E-state index in [1.54, 1.807) is 0 Å². The molecule has 82 valence electrons. The van der Waals surface area contributed by atoms with Crippen LogP contribution in [0.25, 0.3) is 0 Å². The number of methoxy groups -OCH3 is 3. The molecule has 0 saturated heterocycles. The van der Waals surface area contributed by atoms with E-state index in [1.165, 1.54) is 28.4 Å². The van der Waals surface area contributed by atoms with Crippen LogP contribution >= 0.6 is 0 Å². The van der Waals surface area contributed by atoms with Crippen LogP contribution in [0.4, 0.5) is 0 Å². The molecule has 0 bridgehead atoms. The summed E-state index contributed by atoms with van der Waals surface area (Å²) >= 11 is 0. The summed E-state index contributed by atoms with van der Waals surface area (Å²) in [6.45, 7) is 0. The lowest BCUT2D eigenvalue weighted by Gasteiger charge is -2.35. The van der Waals surface area contributed by atoms with Gasteiger partial charge in [0.2, 0.25) is 0 Å². The number of nitrogens with two attached hydrogens (primary N) is 1. The monoisotopic (exact) mass is 205 g/mol. The zero-order chi connectivity index (χ0) is 11.4. The first-order valence-electron chi connectivity index (χ1n) is 3.72. The van der Waals surface area contributed by atoms with Crippen molar-refractivity contribution in [2.75, 3.05) is 28.4 Å². The lowest BCUT2D eigenvalue weighted by Crippen LogP contribution is -2.60. The number of nitrogens with one attached hydrogen (secondary N) is 1. The maximum absolute atomic E-state index is 11.4. The molecule has 0 unspecified atom stereocenters. The molecule has 0 aliphatic rings. The standard InChI is InChI=1S/C7H15N3O4/c1-10(6(8)9)7(13-3,14-4)5(11)12-2/h1-4H3,(H3,8,9). The van der Waals surface area contributed by atoms with Gasteiger partial charge in [-0.1, -0.05) is 0 Å². The lowest BCUT2D eigenvalue weighted by atomic mass is 10.4. The first-order valence-corrected chi connectivity index (χ1v) is 3.72. The summed E-state index contributed by atoms with van der Waals surface area (Å²) < 4.78 is 14.2. The van der Waals surface area contributed by atoms with Crippen molar-refractivity contribution in [2.24, 2.45) is 5.73 Å². The zero-order valence-corrected chi connectivity index (χ0v) is 8.66. The van der Waals surface area contributed by atoms with Crippen LogP contribution in [-0.2, 0) is 19.0 Å². The molecule has 0 aliphatic heterocycles. The van der Waals surface area contributed by atoms with Crippen LogP contribution in [0.2, 0.25) is 0 Å². The van der Waals surface area contributed by atoms with Crippen molar-refractivity contribution in [3.8, 4) is 0 Å². The Balaban J connectivity index is 5.05. The van der Waals surface area contributed by atoms with Crippen LogP contribution in [0.3, 0.4) is 0 Å². The third kappa shape index (κ3) is 1.94. The van der Waals surface area contributed by atoms with Crippen molar-refractivity contribution < 1.29 is 19.0 Å². The van der Waals surface area contributed by atoms with Crippen LogP contribution in [0.15, 0.2) is 0 Å². The summed E-state index contributed by atoms with van der Waals surface area (Å²) in [4.78, 5) is 12.4. The van der Waals surface area contributed by atoms with Gasteiger partial charge >= 0.3 is 11.9 Å². The van der Waals surface area contributed by atoms with Crippen molar-refractivity contribution in [2.45, 2.75) is 5.91 Å². The molecule has 0 fully saturated rings. The first-order chi connectivity index (χ1) is 6.46. The molecule has 0 aromatic rings. The highest BCUT2D eigenvalue weighted by atomic mass is 16.7. The van der Waals surface area contributed by atoms with E-state index in [1.807, 2.05) is 0 Å². The summed E-state index contributed by atoms with van der Waals surface area (Å²) in [5.41, 5.74) is 5.21. The molecule has 0 radical (unpaired) electrons. The van der Waals surface area contributed by atoms with Gasteiger partial charge in [-0.05, 0) is 0 Å². The molecule has 3 N–H and O–H groups in total. The van der Waals surface area contributed by atoms with Crippen LogP contribution in [0.5, 0.6) is 0 Å². The van der Waals surface area contributed by atoms with E-state index in [0.29, 0.717) is 0 Å². The summed E-state index contributed by atoms with van der Waals surface area (Å²) in [6.07, 6.45) is 0. The predicted octanol–water partition coefficient (Wildman–Crippen LogP) is -1.07. The number of guanidine groups is 1. The topological polar surface area (TPSA) is 97.9 Å². The first kappa shape index (κ1) is 12.7. The predicted molar refractivity (Wildman–Crippen MR) is 48.4 cm³/mol. The second kappa shape index (κ2) is 4.77. The van der Waals surface area contributed by atoms with Crippen molar-refractivity contribution in [3.63, 3.8) is 0 Å². The maximum Gasteiger partial charge on any atom is 0.390 e. The van der Waals surface area contributed by atoms with Gasteiger partial charge in [0.25, 0.3) is 0 Å². The second-order valence-corrected chi connectivity index (χ2v) is 2.43. The maximum atomic E-state index is 11.4. The Morgan fingerprint density at radius 3 is 2.00 bits per heavy atom. The molecular weight excluding hydrogens is 190 g/mol. The minimum Gasteiger partial charge on any atom is -0.463 e. The van der Waals surface area contributed by atoms with Crippen molar-refractivity contribution >= 4 is 11.9 Å². The molecule has 0 spiro atoms. The van der Waals surface area contributed by atoms with Gasteiger partial charge in [-0.3, -0.25) is 10.3 Å². The fraction of sp³-hybridized carbons (Fsp3) is 0.714. The molecule has 7 heteroatoms. The van der Waals surface area contributed by atoms with E-state index in [-0.39, 0.29) is 5.96 Å². The molecular formula is C7H15N3O4. The average molecular weight is 205 g/mol. The number of nitrogens with zero attached hydrogens (tertiary/aromatic N) is 1. The van der Waals surface area contributed by atoms with Gasteiger partial charge in [-0.2, -0.15) is 0 Å².